The molecule has 0 saturated carbocycles. The Morgan fingerprint density at radius 1 is 1.07 bits per heavy atom. The highest BCUT2D eigenvalue weighted by Crippen LogP contribution is 2.09. The van der Waals surface area contributed by atoms with Crippen molar-refractivity contribution in [2.24, 2.45) is 0 Å². The second-order valence-electron chi connectivity index (χ2n) is 2.28. The Labute approximate surface area is 93.2 Å². The van der Waals surface area contributed by atoms with Gasteiger partial charge in [-0.1, -0.05) is 23.2 Å². The van der Waals surface area contributed by atoms with Crippen LogP contribution in [0.5, 0.6) is 0 Å². The average molecular weight is 261 g/mol. The summed E-state index contributed by atoms with van der Waals surface area (Å²) in [6.45, 7) is 0. The van der Waals surface area contributed by atoms with Crippen LogP contribution in [0.4, 0.5) is 0 Å². The highest BCUT2D eigenvalue weighted by atomic mass is 35.5. The van der Waals surface area contributed by atoms with Gasteiger partial charge in [0.2, 0.25) is 10.9 Å². The minimum absolute atomic E-state index is 1.36. The van der Waals surface area contributed by atoms with Crippen molar-refractivity contribution in [1.29, 1.82) is 0 Å². The van der Waals surface area contributed by atoms with E-state index in [-0.39, 0.29) is 0 Å². The van der Waals surface area contributed by atoms with E-state index in [0.717, 1.165) is 0 Å². The van der Waals surface area contributed by atoms with Gasteiger partial charge in [-0.3, -0.25) is 0 Å². The Hall–Kier alpha value is -1.05. The maximum absolute atomic E-state index is 10.7. The SMILES string of the molecule is O=C(OC(C(=O)O)C(O)C(=O)O)C(Cl)Cl. The number of aliphatic hydroxyl groups is 1. The van der Waals surface area contributed by atoms with Gasteiger partial charge >= 0.3 is 17.9 Å². The molecule has 0 aliphatic heterocycles. The van der Waals surface area contributed by atoms with Crippen molar-refractivity contribution < 1.29 is 34.4 Å². The lowest BCUT2D eigenvalue weighted by molar-refractivity contribution is -0.177. The van der Waals surface area contributed by atoms with Crippen LogP contribution in [0.15, 0.2) is 0 Å². The highest BCUT2D eigenvalue weighted by molar-refractivity contribution is 6.52. The van der Waals surface area contributed by atoms with Crippen molar-refractivity contribution in [2.75, 3.05) is 0 Å². The van der Waals surface area contributed by atoms with E-state index in [1.54, 1.807) is 0 Å². The third-order valence-electron chi connectivity index (χ3n) is 1.20. The fourth-order valence-electron chi connectivity index (χ4n) is 0.556. The molecule has 15 heavy (non-hydrogen) atoms. The first-order chi connectivity index (χ1) is 6.77. The van der Waals surface area contributed by atoms with E-state index in [0.29, 0.717) is 0 Å². The molecule has 0 rings (SSSR count). The molecule has 0 aromatic heterocycles. The summed E-state index contributed by atoms with van der Waals surface area (Å²) in [5.41, 5.74) is 0. The molecule has 3 N–H and O–H groups in total. The van der Waals surface area contributed by atoms with Crippen molar-refractivity contribution in [3.05, 3.63) is 0 Å². The fraction of sp³-hybridized carbons (Fsp3) is 0.500. The zero-order chi connectivity index (χ0) is 12.2. The molecule has 0 radical (unpaired) electrons. The standard InChI is InChI=1S/C6H6Cl2O7/c7-3(8)6(14)15-2(5(12)13)1(9)4(10)11/h1-3,9H,(H,10,11)(H,12,13). The van der Waals surface area contributed by atoms with Crippen LogP contribution in [-0.4, -0.2) is 50.3 Å². The topological polar surface area (TPSA) is 121 Å². The number of carboxylic acids is 2. The minimum atomic E-state index is -2.39. The molecule has 0 saturated heterocycles. The van der Waals surface area contributed by atoms with Crippen LogP contribution in [0.2, 0.25) is 0 Å². The van der Waals surface area contributed by atoms with Crippen molar-refractivity contribution in [2.45, 2.75) is 17.0 Å². The maximum atomic E-state index is 10.7. The molecule has 86 valence electrons. The number of esters is 1. The van der Waals surface area contributed by atoms with E-state index in [4.69, 9.17) is 38.5 Å². The van der Waals surface area contributed by atoms with Crippen molar-refractivity contribution in [3.8, 4) is 0 Å². The number of carbonyl (C=O) groups excluding carboxylic acids is 1. The summed E-state index contributed by atoms with van der Waals surface area (Å²) in [4.78, 5) is 29.7. The van der Waals surface area contributed by atoms with E-state index >= 15 is 0 Å². The van der Waals surface area contributed by atoms with Crippen LogP contribution in [0.1, 0.15) is 0 Å². The van der Waals surface area contributed by atoms with Crippen LogP contribution in [-0.2, 0) is 19.1 Å². The van der Waals surface area contributed by atoms with Gasteiger partial charge in [0.1, 0.15) is 0 Å². The van der Waals surface area contributed by atoms with Gasteiger partial charge in [0.15, 0.2) is 6.10 Å². The Kier molecular flexibility index (Phi) is 5.34. The lowest BCUT2D eigenvalue weighted by Gasteiger charge is -2.16. The first-order valence-electron chi connectivity index (χ1n) is 3.39. The number of hydrogen-bond acceptors (Lipinski definition) is 5. The quantitative estimate of drug-likeness (QED) is 0.439. The first-order valence-corrected chi connectivity index (χ1v) is 4.27. The second-order valence-corrected chi connectivity index (χ2v) is 3.38. The molecule has 0 aromatic carbocycles. The summed E-state index contributed by atoms with van der Waals surface area (Å²) in [7, 11) is 0. The summed E-state index contributed by atoms with van der Waals surface area (Å²) in [6, 6.07) is 0. The fourth-order valence-corrected chi connectivity index (χ4v) is 0.659. The lowest BCUT2D eigenvalue weighted by Crippen LogP contribution is -2.43. The summed E-state index contributed by atoms with van der Waals surface area (Å²) in [6.07, 6.45) is -4.64. The summed E-state index contributed by atoms with van der Waals surface area (Å²) in [5, 5.41) is 25.6. The van der Waals surface area contributed by atoms with Gasteiger partial charge in [-0.2, -0.15) is 0 Å². The molecule has 0 bridgehead atoms. The third kappa shape index (κ3) is 4.32. The molecule has 2 unspecified atom stereocenters. The van der Waals surface area contributed by atoms with Crippen molar-refractivity contribution >= 4 is 41.1 Å². The zero-order valence-corrected chi connectivity index (χ0v) is 8.47. The molecule has 0 spiro atoms. The summed E-state index contributed by atoms with van der Waals surface area (Å²) < 4.78 is 4.06. The molecule has 0 amide bonds. The molecule has 0 aromatic rings. The van der Waals surface area contributed by atoms with Crippen LogP contribution in [0, 0.1) is 0 Å². The molecular formula is C6H6Cl2O7. The first kappa shape index (κ1) is 13.9. The van der Waals surface area contributed by atoms with Gasteiger partial charge in [0.05, 0.1) is 0 Å². The molecule has 0 heterocycles. The van der Waals surface area contributed by atoms with E-state index < -0.39 is 35.0 Å². The van der Waals surface area contributed by atoms with E-state index in [1.165, 1.54) is 0 Å². The molecule has 7 nitrogen and oxygen atoms in total. The highest BCUT2D eigenvalue weighted by Gasteiger charge is 2.36. The number of rotatable bonds is 5. The average Bonchev–Trinajstić information content (AvgIpc) is 2.11. The summed E-state index contributed by atoms with van der Waals surface area (Å²) >= 11 is 10.1. The molecule has 9 heteroatoms. The Morgan fingerprint density at radius 3 is 1.80 bits per heavy atom. The molecule has 0 aliphatic rings. The number of aliphatic hydroxyl groups excluding tert-OH is 1. The maximum Gasteiger partial charge on any atom is 0.348 e. The molecule has 0 aliphatic carbocycles. The third-order valence-corrected chi connectivity index (χ3v) is 1.56. The van der Waals surface area contributed by atoms with Crippen molar-refractivity contribution in [3.63, 3.8) is 0 Å². The number of hydrogen-bond donors (Lipinski definition) is 3. The van der Waals surface area contributed by atoms with Crippen LogP contribution in [0.25, 0.3) is 0 Å². The van der Waals surface area contributed by atoms with Gasteiger partial charge in [0, 0.05) is 0 Å². The predicted octanol–water partition coefficient (Wildman–Crippen LogP) is -0.768. The normalized spacial score (nSPS) is 14.4. The molecule has 2 atom stereocenters. The number of ether oxygens (including phenoxy) is 1. The number of halogens is 2. The van der Waals surface area contributed by atoms with Gasteiger partial charge in [-0.05, 0) is 0 Å². The Morgan fingerprint density at radius 2 is 1.53 bits per heavy atom. The number of carboxylic acid groups (broad SMARTS) is 2. The van der Waals surface area contributed by atoms with Gasteiger partial charge in [0.25, 0.3) is 0 Å². The Bertz CT molecular complexity index is 277. The minimum Gasteiger partial charge on any atom is -0.479 e. The zero-order valence-electron chi connectivity index (χ0n) is 6.96. The van der Waals surface area contributed by atoms with E-state index in [2.05, 4.69) is 4.74 Å². The van der Waals surface area contributed by atoms with E-state index in [9.17, 15) is 14.4 Å². The van der Waals surface area contributed by atoms with Gasteiger partial charge < -0.3 is 20.1 Å². The monoisotopic (exact) mass is 260 g/mol. The number of alkyl halides is 2. The lowest BCUT2D eigenvalue weighted by atomic mass is 10.2. The Balaban J connectivity index is 4.62. The molecule has 0 fully saturated rings. The largest absolute Gasteiger partial charge is 0.479 e. The van der Waals surface area contributed by atoms with E-state index in [1.807, 2.05) is 0 Å². The van der Waals surface area contributed by atoms with Gasteiger partial charge in [-0.15, -0.1) is 0 Å². The van der Waals surface area contributed by atoms with Crippen LogP contribution < -0.4 is 0 Å². The second kappa shape index (κ2) is 5.74. The van der Waals surface area contributed by atoms with Crippen molar-refractivity contribution in [1.82, 2.24) is 0 Å². The number of carbonyl (C=O) groups is 3. The van der Waals surface area contributed by atoms with Crippen LogP contribution >= 0.6 is 23.2 Å². The molecular weight excluding hydrogens is 255 g/mol. The van der Waals surface area contributed by atoms with Crippen LogP contribution in [0.3, 0.4) is 0 Å². The number of aliphatic carboxylic acids is 2. The predicted molar refractivity (Wildman–Crippen MR) is 46.7 cm³/mol. The smallest absolute Gasteiger partial charge is 0.348 e. The van der Waals surface area contributed by atoms with Gasteiger partial charge in [-0.25, -0.2) is 14.4 Å². The summed E-state index contributed by atoms with van der Waals surface area (Å²) in [5.74, 6) is -5.03.